The molecule has 4 rings (SSSR count). The van der Waals surface area contributed by atoms with Crippen LogP contribution in [0.3, 0.4) is 0 Å². The first-order valence-electron chi connectivity index (χ1n) is 9.78. The van der Waals surface area contributed by atoms with Crippen molar-refractivity contribution >= 4 is 17.7 Å². The number of fused-ring (bicyclic) bond motifs is 1. The van der Waals surface area contributed by atoms with E-state index in [-0.39, 0.29) is 11.4 Å². The van der Waals surface area contributed by atoms with E-state index in [4.69, 9.17) is 14.0 Å². The summed E-state index contributed by atoms with van der Waals surface area (Å²) in [6.45, 7) is 4.98. The van der Waals surface area contributed by atoms with E-state index in [2.05, 4.69) is 16.5 Å². The van der Waals surface area contributed by atoms with Crippen LogP contribution in [0.1, 0.15) is 48.3 Å². The van der Waals surface area contributed by atoms with Crippen molar-refractivity contribution in [3.8, 4) is 11.5 Å². The van der Waals surface area contributed by atoms with Gasteiger partial charge < -0.3 is 19.3 Å². The summed E-state index contributed by atoms with van der Waals surface area (Å²) in [6, 6.07) is 6.06. The molecule has 0 spiro atoms. The van der Waals surface area contributed by atoms with Gasteiger partial charge in [-0.2, -0.15) is 0 Å². The lowest BCUT2D eigenvalue weighted by atomic mass is 9.87. The van der Waals surface area contributed by atoms with E-state index in [9.17, 15) is 4.79 Å². The molecule has 1 aromatic heterocycles. The van der Waals surface area contributed by atoms with Crippen molar-refractivity contribution < 1.29 is 18.8 Å². The highest BCUT2D eigenvalue weighted by molar-refractivity contribution is 7.99. The Bertz CT molecular complexity index is 839. The second-order valence-corrected chi connectivity index (χ2v) is 8.48. The van der Waals surface area contributed by atoms with Crippen LogP contribution in [0, 0.1) is 13.8 Å². The van der Waals surface area contributed by atoms with E-state index < -0.39 is 0 Å². The Morgan fingerprint density at radius 2 is 1.93 bits per heavy atom. The second kappa shape index (κ2) is 8.07. The van der Waals surface area contributed by atoms with E-state index in [0.29, 0.717) is 19.0 Å². The Balaban J connectivity index is 1.42. The minimum absolute atomic E-state index is 0.0635. The molecule has 0 atom stereocenters. The Morgan fingerprint density at radius 1 is 1.18 bits per heavy atom. The zero-order chi connectivity index (χ0) is 19.6. The maximum atomic E-state index is 12.7. The largest absolute Gasteiger partial charge is 0.486 e. The van der Waals surface area contributed by atoms with Crippen LogP contribution in [0.2, 0.25) is 0 Å². The van der Waals surface area contributed by atoms with Crippen LogP contribution in [-0.4, -0.2) is 30.0 Å². The molecule has 0 saturated heterocycles. The minimum atomic E-state index is -0.309. The van der Waals surface area contributed by atoms with Gasteiger partial charge in [-0.3, -0.25) is 4.79 Å². The number of hydrogen-bond donors (Lipinski definition) is 1. The maximum absolute atomic E-state index is 12.7. The highest BCUT2D eigenvalue weighted by atomic mass is 32.2. The first-order chi connectivity index (χ1) is 13.6. The average Bonchev–Trinajstić information content (AvgIpc) is 3.30. The van der Waals surface area contributed by atoms with Gasteiger partial charge >= 0.3 is 0 Å². The topological polar surface area (TPSA) is 73.6 Å². The monoisotopic (exact) mass is 402 g/mol. The van der Waals surface area contributed by atoms with Gasteiger partial charge in [0.25, 0.3) is 0 Å². The summed E-state index contributed by atoms with van der Waals surface area (Å²) in [7, 11) is 0. The molecule has 150 valence electrons. The number of carbonyl (C=O) groups is 1. The number of ether oxygens (including phenoxy) is 2. The predicted octanol–water partition coefficient (Wildman–Crippen LogP) is 3.88. The molecule has 1 saturated carbocycles. The fourth-order valence-electron chi connectivity index (χ4n) is 4.06. The number of hydrogen-bond acceptors (Lipinski definition) is 6. The predicted molar refractivity (Wildman–Crippen MR) is 108 cm³/mol. The Morgan fingerprint density at radius 3 is 2.64 bits per heavy atom. The molecular weight excluding hydrogens is 376 g/mol. The Kier molecular flexibility index (Phi) is 5.53. The van der Waals surface area contributed by atoms with Crippen LogP contribution in [-0.2, 0) is 16.1 Å². The molecule has 1 aliphatic carbocycles. The van der Waals surface area contributed by atoms with Gasteiger partial charge in [0.05, 0.1) is 17.0 Å². The third-order valence-corrected chi connectivity index (χ3v) is 6.55. The number of aryl methyl sites for hydroxylation is 2. The summed E-state index contributed by atoms with van der Waals surface area (Å²) in [5.41, 5.74) is 2.78. The normalized spacial score (nSPS) is 17.5. The molecule has 28 heavy (non-hydrogen) atoms. The third-order valence-electron chi connectivity index (χ3n) is 5.59. The quantitative estimate of drug-likeness (QED) is 0.790. The highest BCUT2D eigenvalue weighted by Crippen LogP contribution is 2.42. The van der Waals surface area contributed by atoms with Crippen LogP contribution in [0.5, 0.6) is 11.5 Å². The number of thioether (sulfide) groups is 1. The molecular formula is C21H26N2O4S. The van der Waals surface area contributed by atoms with Crippen molar-refractivity contribution in [1.29, 1.82) is 0 Å². The molecule has 0 bridgehead atoms. The fraction of sp³-hybridized carbons (Fsp3) is 0.524. The lowest BCUT2D eigenvalue weighted by molar-refractivity contribution is -0.120. The summed E-state index contributed by atoms with van der Waals surface area (Å²) in [6.07, 6.45) is 4.13. The van der Waals surface area contributed by atoms with Crippen LogP contribution in [0.15, 0.2) is 22.7 Å². The SMILES string of the molecule is Cc1noc(C)c1CSCC(=O)NC1(c2ccc3c(c2)OCCO3)CCCC1. The molecule has 1 aromatic carbocycles. The van der Waals surface area contributed by atoms with Crippen LogP contribution in [0.4, 0.5) is 0 Å². The van der Waals surface area contributed by atoms with Crippen LogP contribution < -0.4 is 14.8 Å². The zero-order valence-corrected chi connectivity index (χ0v) is 17.2. The van der Waals surface area contributed by atoms with E-state index in [1.54, 1.807) is 11.8 Å². The van der Waals surface area contributed by atoms with Gasteiger partial charge in [0.2, 0.25) is 5.91 Å². The number of aromatic nitrogens is 1. The van der Waals surface area contributed by atoms with Gasteiger partial charge in [-0.1, -0.05) is 24.1 Å². The van der Waals surface area contributed by atoms with Crippen molar-refractivity contribution in [1.82, 2.24) is 10.5 Å². The maximum Gasteiger partial charge on any atom is 0.230 e. The van der Waals surface area contributed by atoms with Crippen molar-refractivity contribution in [3.63, 3.8) is 0 Å². The average molecular weight is 403 g/mol. The third kappa shape index (κ3) is 3.85. The minimum Gasteiger partial charge on any atom is -0.486 e. The van der Waals surface area contributed by atoms with E-state index in [0.717, 1.165) is 65.5 Å². The number of rotatable bonds is 6. The lowest BCUT2D eigenvalue weighted by Gasteiger charge is -2.32. The van der Waals surface area contributed by atoms with Crippen molar-refractivity contribution in [2.75, 3.05) is 19.0 Å². The lowest BCUT2D eigenvalue weighted by Crippen LogP contribution is -2.44. The summed E-state index contributed by atoms with van der Waals surface area (Å²) >= 11 is 1.59. The van der Waals surface area contributed by atoms with Crippen LogP contribution in [0.25, 0.3) is 0 Å². The Hall–Kier alpha value is -2.15. The smallest absolute Gasteiger partial charge is 0.230 e. The zero-order valence-electron chi connectivity index (χ0n) is 16.4. The molecule has 2 heterocycles. The van der Waals surface area contributed by atoms with Crippen LogP contribution >= 0.6 is 11.8 Å². The number of carbonyl (C=O) groups excluding carboxylic acids is 1. The van der Waals surface area contributed by atoms with Gasteiger partial charge in [0, 0.05) is 11.3 Å². The number of nitrogens with zero attached hydrogens (tertiary/aromatic N) is 1. The van der Waals surface area contributed by atoms with Crippen molar-refractivity contribution in [2.45, 2.75) is 50.8 Å². The molecule has 2 aliphatic rings. The molecule has 0 radical (unpaired) electrons. The highest BCUT2D eigenvalue weighted by Gasteiger charge is 2.37. The molecule has 6 nitrogen and oxygen atoms in total. The number of benzene rings is 1. The molecule has 7 heteroatoms. The summed E-state index contributed by atoms with van der Waals surface area (Å²) in [5, 5.41) is 7.30. The second-order valence-electron chi connectivity index (χ2n) is 7.49. The first-order valence-corrected chi connectivity index (χ1v) is 10.9. The van der Waals surface area contributed by atoms with Gasteiger partial charge in [0.15, 0.2) is 11.5 Å². The van der Waals surface area contributed by atoms with Crippen molar-refractivity contribution in [3.05, 3.63) is 40.8 Å². The number of nitrogens with one attached hydrogen (secondary N) is 1. The molecule has 1 fully saturated rings. The standard InChI is InChI=1S/C21H26N2O4S/c1-14-17(15(2)27-23-14)12-28-13-20(24)22-21(7-3-4-8-21)16-5-6-18-19(11-16)26-10-9-25-18/h5-6,11H,3-4,7-10,12-13H2,1-2H3,(H,22,24). The number of amides is 1. The summed E-state index contributed by atoms with van der Waals surface area (Å²) in [4.78, 5) is 12.7. The van der Waals surface area contributed by atoms with E-state index in [1.165, 1.54) is 0 Å². The fourth-order valence-corrected chi connectivity index (χ4v) is 5.04. The summed E-state index contributed by atoms with van der Waals surface area (Å²) in [5.74, 6) is 3.59. The first kappa shape index (κ1) is 19.2. The molecule has 1 N–H and O–H groups in total. The van der Waals surface area contributed by atoms with Gasteiger partial charge in [-0.25, -0.2) is 0 Å². The molecule has 1 amide bonds. The van der Waals surface area contributed by atoms with Crippen molar-refractivity contribution in [2.24, 2.45) is 0 Å². The Labute approximate surface area is 169 Å². The molecule has 0 unspecified atom stereocenters. The van der Waals surface area contributed by atoms with Gasteiger partial charge in [0.1, 0.15) is 19.0 Å². The van der Waals surface area contributed by atoms with Gasteiger partial charge in [-0.15, -0.1) is 11.8 Å². The van der Waals surface area contributed by atoms with E-state index >= 15 is 0 Å². The summed E-state index contributed by atoms with van der Waals surface area (Å²) < 4.78 is 16.6. The van der Waals surface area contributed by atoms with E-state index in [1.807, 2.05) is 26.0 Å². The molecule has 2 aromatic rings. The molecule has 1 aliphatic heterocycles. The van der Waals surface area contributed by atoms with Gasteiger partial charge in [-0.05, 0) is 44.4 Å².